The molecule has 3 aromatic rings. The van der Waals surface area contributed by atoms with Crippen LogP contribution in [-0.4, -0.2) is 38.3 Å². The minimum atomic E-state index is -3.64. The summed E-state index contributed by atoms with van der Waals surface area (Å²) in [6.45, 7) is 3.32. The van der Waals surface area contributed by atoms with E-state index >= 15 is 0 Å². The van der Waals surface area contributed by atoms with E-state index in [-0.39, 0.29) is 21.4 Å². The van der Waals surface area contributed by atoms with Crippen molar-refractivity contribution in [3.8, 4) is 0 Å². The lowest BCUT2D eigenvalue weighted by molar-refractivity contribution is 0.0988. The summed E-state index contributed by atoms with van der Waals surface area (Å²) >= 11 is 6.35. The van der Waals surface area contributed by atoms with E-state index in [2.05, 4.69) is 0 Å². The van der Waals surface area contributed by atoms with Gasteiger partial charge in [-0.1, -0.05) is 48.0 Å². The molecule has 0 unspecified atom stereocenters. The van der Waals surface area contributed by atoms with Crippen molar-refractivity contribution in [3.05, 3.63) is 71.2 Å². The third-order valence-electron chi connectivity index (χ3n) is 5.49. The van der Waals surface area contributed by atoms with E-state index in [9.17, 15) is 13.2 Å². The zero-order chi connectivity index (χ0) is 21.3. The number of carbonyl (C=O) groups is 1. The largest absolute Gasteiger partial charge is 0.308 e. The number of amides is 1. The van der Waals surface area contributed by atoms with Crippen LogP contribution in [0.25, 0.3) is 10.8 Å². The van der Waals surface area contributed by atoms with Crippen molar-refractivity contribution >= 4 is 44.0 Å². The average molecular weight is 443 g/mol. The molecular formula is C23H23ClN2O3S. The van der Waals surface area contributed by atoms with Gasteiger partial charge >= 0.3 is 0 Å². The lowest BCUT2D eigenvalue weighted by Crippen LogP contribution is -2.32. The van der Waals surface area contributed by atoms with Crippen LogP contribution in [0.4, 0.5) is 5.69 Å². The van der Waals surface area contributed by atoms with Crippen LogP contribution in [0.1, 0.15) is 30.1 Å². The summed E-state index contributed by atoms with van der Waals surface area (Å²) < 4.78 is 27.4. The number of sulfonamides is 1. The first-order valence-electron chi connectivity index (χ1n) is 10.0. The molecule has 1 amide bonds. The van der Waals surface area contributed by atoms with Crippen LogP contribution in [0, 0.1) is 0 Å². The maximum absolute atomic E-state index is 13.5. The second-order valence-electron chi connectivity index (χ2n) is 7.30. The Bertz CT molecular complexity index is 1200. The first-order valence-corrected chi connectivity index (χ1v) is 11.8. The predicted molar refractivity (Wildman–Crippen MR) is 121 cm³/mol. The van der Waals surface area contributed by atoms with Gasteiger partial charge in [-0.15, -0.1) is 0 Å². The Morgan fingerprint density at radius 1 is 1.03 bits per heavy atom. The monoisotopic (exact) mass is 442 g/mol. The van der Waals surface area contributed by atoms with Crippen molar-refractivity contribution in [1.29, 1.82) is 0 Å². The second-order valence-corrected chi connectivity index (χ2v) is 9.65. The average Bonchev–Trinajstić information content (AvgIpc) is 3.30. The number of benzene rings is 3. The summed E-state index contributed by atoms with van der Waals surface area (Å²) in [6, 6.07) is 18.0. The molecule has 0 N–H and O–H groups in total. The van der Waals surface area contributed by atoms with Crippen molar-refractivity contribution in [1.82, 2.24) is 4.31 Å². The van der Waals surface area contributed by atoms with Crippen LogP contribution in [0.3, 0.4) is 0 Å². The van der Waals surface area contributed by atoms with E-state index in [1.54, 1.807) is 4.90 Å². The van der Waals surface area contributed by atoms with Crippen molar-refractivity contribution in [2.75, 3.05) is 24.5 Å². The van der Waals surface area contributed by atoms with Gasteiger partial charge in [-0.05, 0) is 49.4 Å². The van der Waals surface area contributed by atoms with Crippen LogP contribution in [0.5, 0.6) is 0 Å². The molecule has 7 heteroatoms. The fraction of sp³-hybridized carbons (Fsp3) is 0.261. The van der Waals surface area contributed by atoms with Gasteiger partial charge in [0, 0.05) is 25.0 Å². The maximum atomic E-state index is 13.5. The summed E-state index contributed by atoms with van der Waals surface area (Å²) in [4.78, 5) is 15.2. The molecule has 0 radical (unpaired) electrons. The molecule has 0 saturated carbocycles. The molecule has 1 aliphatic heterocycles. The first kappa shape index (κ1) is 20.8. The van der Waals surface area contributed by atoms with Gasteiger partial charge in [0.2, 0.25) is 10.0 Å². The first-order chi connectivity index (χ1) is 14.4. The number of hydrogen-bond acceptors (Lipinski definition) is 3. The highest BCUT2D eigenvalue weighted by molar-refractivity contribution is 7.89. The predicted octanol–water partition coefficient (Wildman–Crippen LogP) is 4.94. The fourth-order valence-corrected chi connectivity index (χ4v) is 5.66. The standard InChI is InChI=1S/C23H23ClN2O3S/c1-2-26(22-11-7-9-17-8-3-4-10-19(17)22)23(27)20-16-18(12-13-21(20)24)30(28,29)25-14-5-6-15-25/h3-4,7-13,16H,2,5-6,14-15H2,1H3. The summed E-state index contributed by atoms with van der Waals surface area (Å²) in [5.41, 5.74) is 0.955. The zero-order valence-electron chi connectivity index (χ0n) is 16.7. The molecule has 30 heavy (non-hydrogen) atoms. The SMILES string of the molecule is CCN(C(=O)c1cc(S(=O)(=O)N2CCCC2)ccc1Cl)c1cccc2ccccc12. The van der Waals surface area contributed by atoms with Crippen molar-refractivity contribution in [2.24, 2.45) is 0 Å². The van der Waals surface area contributed by atoms with E-state index < -0.39 is 10.0 Å². The molecule has 1 heterocycles. The van der Waals surface area contributed by atoms with Gasteiger partial charge in [0.25, 0.3) is 5.91 Å². The Hall–Kier alpha value is -2.41. The van der Waals surface area contributed by atoms with Gasteiger partial charge in [0.05, 0.1) is 21.2 Å². The topological polar surface area (TPSA) is 57.7 Å². The number of anilines is 1. The highest BCUT2D eigenvalue weighted by Gasteiger charge is 2.29. The molecule has 0 spiro atoms. The van der Waals surface area contributed by atoms with Gasteiger partial charge in [-0.3, -0.25) is 4.79 Å². The van der Waals surface area contributed by atoms with Gasteiger partial charge in [0.15, 0.2) is 0 Å². The van der Waals surface area contributed by atoms with Crippen LogP contribution >= 0.6 is 11.6 Å². The molecular weight excluding hydrogens is 420 g/mol. The number of carbonyl (C=O) groups excluding carboxylic acids is 1. The summed E-state index contributed by atoms with van der Waals surface area (Å²) in [5, 5.41) is 2.21. The molecule has 0 bridgehead atoms. The Balaban J connectivity index is 1.76. The Morgan fingerprint density at radius 2 is 1.73 bits per heavy atom. The smallest absolute Gasteiger partial charge is 0.259 e. The molecule has 156 valence electrons. The van der Waals surface area contributed by atoms with Gasteiger partial charge in [-0.25, -0.2) is 8.42 Å². The van der Waals surface area contributed by atoms with Crippen molar-refractivity contribution < 1.29 is 13.2 Å². The molecule has 5 nitrogen and oxygen atoms in total. The van der Waals surface area contributed by atoms with Crippen LogP contribution in [0.15, 0.2) is 65.6 Å². The highest BCUT2D eigenvalue weighted by Crippen LogP contribution is 2.31. The Morgan fingerprint density at radius 3 is 2.47 bits per heavy atom. The van der Waals surface area contributed by atoms with E-state index in [0.717, 1.165) is 29.3 Å². The second kappa shape index (κ2) is 8.38. The fourth-order valence-electron chi connectivity index (χ4n) is 3.92. The molecule has 0 aromatic heterocycles. The van der Waals surface area contributed by atoms with E-state index in [4.69, 9.17) is 11.6 Å². The number of halogens is 1. The number of hydrogen-bond donors (Lipinski definition) is 0. The van der Waals surface area contributed by atoms with Gasteiger partial charge < -0.3 is 4.90 Å². The summed E-state index contributed by atoms with van der Waals surface area (Å²) in [6.07, 6.45) is 1.70. The van der Waals surface area contributed by atoms with Crippen LogP contribution in [0.2, 0.25) is 5.02 Å². The summed E-state index contributed by atoms with van der Waals surface area (Å²) in [7, 11) is -3.64. The number of fused-ring (bicyclic) bond motifs is 1. The minimum Gasteiger partial charge on any atom is -0.308 e. The lowest BCUT2D eigenvalue weighted by Gasteiger charge is -2.24. The van der Waals surface area contributed by atoms with E-state index in [0.29, 0.717) is 19.6 Å². The molecule has 1 fully saturated rings. The highest BCUT2D eigenvalue weighted by atomic mass is 35.5. The number of nitrogens with zero attached hydrogens (tertiary/aromatic N) is 2. The third-order valence-corrected chi connectivity index (χ3v) is 7.71. The van der Waals surface area contributed by atoms with Crippen molar-refractivity contribution in [2.45, 2.75) is 24.7 Å². The van der Waals surface area contributed by atoms with Crippen LogP contribution < -0.4 is 4.90 Å². The van der Waals surface area contributed by atoms with Crippen molar-refractivity contribution in [3.63, 3.8) is 0 Å². The Kier molecular flexibility index (Phi) is 5.82. The Labute approximate surface area is 181 Å². The molecule has 3 aromatic carbocycles. The molecule has 1 aliphatic rings. The lowest BCUT2D eigenvalue weighted by atomic mass is 10.1. The summed E-state index contributed by atoms with van der Waals surface area (Å²) in [5.74, 6) is -0.322. The maximum Gasteiger partial charge on any atom is 0.259 e. The number of rotatable bonds is 5. The van der Waals surface area contributed by atoms with E-state index in [1.807, 2.05) is 49.4 Å². The minimum absolute atomic E-state index is 0.103. The molecule has 0 aliphatic carbocycles. The van der Waals surface area contributed by atoms with Crippen LogP contribution in [-0.2, 0) is 10.0 Å². The zero-order valence-corrected chi connectivity index (χ0v) is 18.3. The van der Waals surface area contributed by atoms with Gasteiger partial charge in [-0.2, -0.15) is 4.31 Å². The van der Waals surface area contributed by atoms with Gasteiger partial charge in [0.1, 0.15) is 0 Å². The molecule has 0 atom stereocenters. The molecule has 4 rings (SSSR count). The van der Waals surface area contributed by atoms with E-state index in [1.165, 1.54) is 22.5 Å². The molecule has 1 saturated heterocycles. The third kappa shape index (κ3) is 3.71. The normalized spacial score (nSPS) is 14.9. The quantitative estimate of drug-likeness (QED) is 0.562.